The van der Waals surface area contributed by atoms with Gasteiger partial charge in [0.25, 0.3) is 0 Å². The maximum atomic E-state index is 11.5. The second kappa shape index (κ2) is 4.15. The number of hydrogen-bond donors (Lipinski definition) is 1. The molecule has 0 spiro atoms. The molecule has 5 heteroatoms. The Morgan fingerprint density at radius 2 is 2.06 bits per heavy atom. The van der Waals surface area contributed by atoms with Gasteiger partial charge in [0.2, 0.25) is 0 Å². The predicted molar refractivity (Wildman–Crippen MR) is 55.8 cm³/mol. The van der Waals surface area contributed by atoms with Crippen LogP contribution in [0.3, 0.4) is 0 Å². The maximum absolute atomic E-state index is 11.5. The molecule has 1 saturated carbocycles. The fourth-order valence-electron chi connectivity index (χ4n) is 2.66. The molecule has 0 aromatic carbocycles. The molecule has 1 aliphatic carbocycles. The van der Waals surface area contributed by atoms with Crippen molar-refractivity contribution in [3.63, 3.8) is 0 Å². The van der Waals surface area contributed by atoms with E-state index >= 15 is 0 Å². The number of carboxylic acid groups (broad SMARTS) is 1. The minimum atomic E-state index is -0.736. The van der Waals surface area contributed by atoms with Crippen molar-refractivity contribution < 1.29 is 19.4 Å². The van der Waals surface area contributed by atoms with Gasteiger partial charge in [-0.3, -0.25) is 4.79 Å². The van der Waals surface area contributed by atoms with Crippen LogP contribution in [-0.4, -0.2) is 41.8 Å². The van der Waals surface area contributed by atoms with E-state index in [4.69, 9.17) is 9.84 Å². The lowest BCUT2D eigenvalue weighted by atomic mass is 9.62. The van der Waals surface area contributed by atoms with Crippen LogP contribution < -0.4 is 0 Å². The first kappa shape index (κ1) is 11.0. The third kappa shape index (κ3) is 1.77. The number of carbonyl (C=O) groups is 2. The highest BCUT2D eigenvalue weighted by Gasteiger charge is 2.51. The molecule has 3 rings (SSSR count). The molecule has 2 bridgehead atoms. The highest BCUT2D eigenvalue weighted by atomic mass is 16.6. The molecule has 16 heavy (non-hydrogen) atoms. The number of amides is 1. The van der Waals surface area contributed by atoms with E-state index in [0.29, 0.717) is 13.1 Å². The fourth-order valence-corrected chi connectivity index (χ4v) is 2.66. The second-order valence-corrected chi connectivity index (χ2v) is 4.39. The zero-order valence-electron chi connectivity index (χ0n) is 8.96. The van der Waals surface area contributed by atoms with Crippen molar-refractivity contribution in [3.05, 3.63) is 12.7 Å². The summed E-state index contributed by atoms with van der Waals surface area (Å²) in [5.41, 5.74) is 0. The van der Waals surface area contributed by atoms with E-state index in [-0.39, 0.29) is 30.5 Å². The molecule has 0 aromatic rings. The van der Waals surface area contributed by atoms with Gasteiger partial charge in [-0.25, -0.2) is 4.79 Å². The quantitative estimate of drug-likeness (QED) is 0.726. The van der Waals surface area contributed by atoms with E-state index in [1.54, 1.807) is 4.90 Å². The van der Waals surface area contributed by atoms with Crippen molar-refractivity contribution in [1.29, 1.82) is 0 Å². The number of carboxylic acids is 1. The largest absolute Gasteiger partial charge is 0.481 e. The van der Waals surface area contributed by atoms with E-state index in [1.807, 2.05) is 0 Å². The molecule has 1 unspecified atom stereocenters. The van der Waals surface area contributed by atoms with E-state index in [9.17, 15) is 9.59 Å². The number of ether oxygens (including phenoxy) is 1. The van der Waals surface area contributed by atoms with Crippen molar-refractivity contribution in [2.24, 2.45) is 17.8 Å². The van der Waals surface area contributed by atoms with Gasteiger partial charge in [0.1, 0.15) is 6.61 Å². The van der Waals surface area contributed by atoms with Crippen LogP contribution in [0, 0.1) is 17.8 Å². The van der Waals surface area contributed by atoms with Crippen LogP contribution >= 0.6 is 0 Å². The lowest BCUT2D eigenvalue weighted by Crippen LogP contribution is -2.59. The summed E-state index contributed by atoms with van der Waals surface area (Å²) in [5.74, 6) is -0.788. The number of rotatable bonds is 3. The monoisotopic (exact) mass is 225 g/mol. The van der Waals surface area contributed by atoms with Crippen molar-refractivity contribution in [1.82, 2.24) is 4.90 Å². The molecule has 0 aromatic heterocycles. The topological polar surface area (TPSA) is 66.8 Å². The summed E-state index contributed by atoms with van der Waals surface area (Å²) >= 11 is 0. The molecule has 3 atom stereocenters. The Bertz CT molecular complexity index is 316. The predicted octanol–water partition coefficient (Wildman–Crippen LogP) is 0.962. The highest BCUT2D eigenvalue weighted by Crippen LogP contribution is 2.45. The van der Waals surface area contributed by atoms with Gasteiger partial charge < -0.3 is 14.7 Å². The Morgan fingerprint density at radius 3 is 2.56 bits per heavy atom. The molecule has 2 aliphatic heterocycles. The minimum Gasteiger partial charge on any atom is -0.481 e. The first-order valence-corrected chi connectivity index (χ1v) is 5.39. The first-order valence-electron chi connectivity index (χ1n) is 5.39. The summed E-state index contributed by atoms with van der Waals surface area (Å²) in [6.45, 7) is 4.67. The summed E-state index contributed by atoms with van der Waals surface area (Å²) < 4.78 is 4.92. The van der Waals surface area contributed by atoms with Crippen LogP contribution in [0.1, 0.15) is 6.42 Å². The fraction of sp³-hybridized carbons (Fsp3) is 0.636. The summed E-state index contributed by atoms with van der Waals surface area (Å²) in [4.78, 5) is 24.0. The number of hydrogen-bond acceptors (Lipinski definition) is 3. The van der Waals surface area contributed by atoms with Gasteiger partial charge in [0, 0.05) is 13.1 Å². The molecule has 88 valence electrons. The number of piperidine rings is 2. The van der Waals surface area contributed by atoms with E-state index < -0.39 is 5.97 Å². The number of carbonyl (C=O) groups excluding carboxylic acids is 1. The summed E-state index contributed by atoms with van der Waals surface area (Å²) in [5, 5.41) is 8.96. The van der Waals surface area contributed by atoms with Gasteiger partial charge in [-0.05, 0) is 18.3 Å². The Hall–Kier alpha value is -1.52. The van der Waals surface area contributed by atoms with Crippen LogP contribution in [0.5, 0.6) is 0 Å². The average molecular weight is 225 g/mol. The van der Waals surface area contributed by atoms with Crippen LogP contribution in [0.25, 0.3) is 0 Å². The number of fused-ring (bicyclic) bond motifs is 2. The Balaban J connectivity index is 1.88. The SMILES string of the molecule is C=CCOC(=O)N1C[C@H]2C[C@@H](C1)C2C(=O)O. The smallest absolute Gasteiger partial charge is 0.410 e. The number of aliphatic carboxylic acids is 1. The zero-order valence-corrected chi connectivity index (χ0v) is 8.96. The van der Waals surface area contributed by atoms with Crippen molar-refractivity contribution in [2.45, 2.75) is 6.42 Å². The van der Waals surface area contributed by atoms with Crippen molar-refractivity contribution in [3.8, 4) is 0 Å². The third-order valence-corrected chi connectivity index (χ3v) is 3.40. The molecule has 0 radical (unpaired) electrons. The van der Waals surface area contributed by atoms with Crippen LogP contribution in [0.4, 0.5) is 4.79 Å². The Morgan fingerprint density at radius 1 is 1.44 bits per heavy atom. The molecule has 2 saturated heterocycles. The van der Waals surface area contributed by atoms with Crippen LogP contribution in [0.2, 0.25) is 0 Å². The van der Waals surface area contributed by atoms with E-state index in [0.717, 1.165) is 6.42 Å². The van der Waals surface area contributed by atoms with Gasteiger partial charge in [-0.1, -0.05) is 12.7 Å². The van der Waals surface area contributed by atoms with Crippen molar-refractivity contribution in [2.75, 3.05) is 19.7 Å². The average Bonchev–Trinajstić information content (AvgIpc) is 2.25. The third-order valence-electron chi connectivity index (χ3n) is 3.40. The summed E-state index contributed by atoms with van der Waals surface area (Å²) in [6, 6.07) is 0. The lowest BCUT2D eigenvalue weighted by molar-refractivity contribution is -0.158. The van der Waals surface area contributed by atoms with Gasteiger partial charge in [-0.2, -0.15) is 0 Å². The standard InChI is InChI=1S/C11H15NO4/c1-2-3-16-11(15)12-5-7-4-8(6-12)9(7)10(13)14/h2,7-9H,1,3-6H2,(H,13,14)/t7-,8+,9?. The van der Waals surface area contributed by atoms with Gasteiger partial charge >= 0.3 is 12.1 Å². The molecular formula is C11H15NO4. The minimum absolute atomic E-state index is 0.104. The van der Waals surface area contributed by atoms with Crippen molar-refractivity contribution >= 4 is 12.1 Å². The summed E-state index contributed by atoms with van der Waals surface area (Å²) in [6.07, 6.45) is 2.07. The molecule has 2 heterocycles. The molecule has 5 nitrogen and oxygen atoms in total. The van der Waals surface area contributed by atoms with E-state index in [1.165, 1.54) is 6.08 Å². The van der Waals surface area contributed by atoms with E-state index in [2.05, 4.69) is 6.58 Å². The van der Waals surface area contributed by atoms with Gasteiger partial charge in [-0.15, -0.1) is 0 Å². The zero-order chi connectivity index (χ0) is 11.7. The molecule has 3 aliphatic rings. The normalized spacial score (nSPS) is 31.5. The highest BCUT2D eigenvalue weighted by molar-refractivity contribution is 5.74. The van der Waals surface area contributed by atoms with Gasteiger partial charge in [0.15, 0.2) is 0 Å². The van der Waals surface area contributed by atoms with Crippen LogP contribution in [-0.2, 0) is 9.53 Å². The second-order valence-electron chi connectivity index (χ2n) is 4.39. The molecule has 1 amide bonds. The Labute approximate surface area is 93.7 Å². The molecule has 1 N–H and O–H groups in total. The maximum Gasteiger partial charge on any atom is 0.410 e. The Kier molecular flexibility index (Phi) is 2.85. The lowest BCUT2D eigenvalue weighted by Gasteiger charge is -2.50. The summed E-state index contributed by atoms with van der Waals surface area (Å²) in [7, 11) is 0. The van der Waals surface area contributed by atoms with Crippen LogP contribution in [0.15, 0.2) is 12.7 Å². The number of nitrogens with zero attached hydrogens (tertiary/aromatic N) is 1. The first-order chi connectivity index (χ1) is 7.63. The molecule has 3 fully saturated rings. The van der Waals surface area contributed by atoms with Gasteiger partial charge in [0.05, 0.1) is 5.92 Å². The molecular weight excluding hydrogens is 210 g/mol.